The second-order valence-corrected chi connectivity index (χ2v) is 34.0. The maximum Gasteiger partial charge on any atom is 0.258 e. The number of aromatic nitrogens is 2. The molecule has 0 unspecified atom stereocenters. The molecule has 2 fully saturated rings. The van der Waals surface area contributed by atoms with Gasteiger partial charge in [0.1, 0.15) is 22.6 Å². The molecule has 4 atom stereocenters. The van der Waals surface area contributed by atoms with Crippen molar-refractivity contribution in [2.45, 2.75) is 156 Å². The van der Waals surface area contributed by atoms with Crippen LogP contribution in [0.2, 0.25) is 5.15 Å². The third-order valence-electron chi connectivity index (χ3n) is 20.3. The second-order valence-electron chi connectivity index (χ2n) is 33.3. The molecule has 19 heteroatoms. The number of likely N-dealkylation sites (tertiary alicyclic amines) is 1. The van der Waals surface area contributed by atoms with Crippen LogP contribution in [-0.4, -0.2) is 62.7 Å². The Hall–Kier alpha value is -11.4. The van der Waals surface area contributed by atoms with E-state index in [0.717, 1.165) is 75.5 Å². The summed E-state index contributed by atoms with van der Waals surface area (Å²) in [6, 6.07) is 71.0. The average Bonchev–Trinajstić information content (AvgIpc) is 0.775. The predicted molar refractivity (Wildman–Crippen MR) is 468 cm³/mol. The van der Waals surface area contributed by atoms with Crippen molar-refractivity contribution in [3.05, 3.63) is 344 Å². The smallest absolute Gasteiger partial charge is 0.258 e. The van der Waals surface area contributed by atoms with Crippen molar-refractivity contribution in [2.75, 3.05) is 34.4 Å². The zero-order valence-electron chi connectivity index (χ0n) is 69.0. The molecule has 14 nitrogen and oxygen atoms in total. The third-order valence-corrected chi connectivity index (χ3v) is 20.8. The van der Waals surface area contributed by atoms with Crippen molar-refractivity contribution < 1.29 is 41.9 Å². The van der Waals surface area contributed by atoms with E-state index in [-0.39, 0.29) is 85.8 Å². The lowest BCUT2D eigenvalue weighted by Gasteiger charge is -2.41. The van der Waals surface area contributed by atoms with Crippen LogP contribution in [0.15, 0.2) is 255 Å². The highest BCUT2D eigenvalue weighted by molar-refractivity contribution is 6.67. The van der Waals surface area contributed by atoms with Crippen molar-refractivity contribution in [3.63, 3.8) is 0 Å². The number of hydrogen-bond acceptors (Lipinski definition) is 9. The number of piperidine rings is 2. The highest BCUT2D eigenvalue weighted by Crippen LogP contribution is 2.40. The van der Waals surface area contributed by atoms with Crippen molar-refractivity contribution in [2.24, 2.45) is 11.8 Å². The van der Waals surface area contributed by atoms with Crippen molar-refractivity contribution in [1.82, 2.24) is 20.2 Å². The standard InChI is InChI=1S/C30H33FN2O2.C22H27FN2O.C22H21FN2O.C16H17ClN2O.C8H7ClO/c1-20-10-5-6-15-25(20)29(35)33-17-9-16-26(27(33)21-11-7-13-23(31)18-21)28(34)32-24-14-8-12-22(19-24)30(2,3)4;2*1-22(2,3)16-8-5-10-18(14-16)25-21(26)19-11-6-12-24-20(19)15-7-4-9-17(23)13-15;1-16(2,3)11-6-4-7-12(10-11)19-15(20)13-8-5-9-18-14(13)17;1-6-4-2-3-5-7(6)8(9)10/h5-8,10-15,18-19,26-27H,9,16-17H2,1-4H3,(H,32,34);4-5,7-10,13-14,19-20,24H,6,11-12H2,1-3H3,(H,25,26);4-14H,1-3H3,(H,25,26);4-10H,1-3H3,(H,19,20);2-5H,1H3/t26-,27-;19-,20-;;;/m00.../s1. The molecule has 5 N–H and O–H groups in total. The SMILES string of the molecule is CC(C)(C)c1cccc(NC(=O)[C@H]2CCCN[C@H]2c2cccc(F)c2)c1.CC(C)(C)c1cccc(NC(=O)c2cccnc2-c2cccc(F)c2)c1.CC(C)(C)c1cccc(NC(=O)c2cccnc2Cl)c1.Cc1ccccc1C(=O)Cl.Cc1ccccc1C(=O)N1CCC[C@H](C(=O)Nc2cccc(C(C)(C)C)c2)[C@@H]1c1cccc(F)c1. The molecule has 13 rings (SSSR count). The Bertz CT molecular complexity index is 5300. The highest BCUT2D eigenvalue weighted by atomic mass is 35.5. The molecule has 0 aliphatic carbocycles. The highest BCUT2D eigenvalue weighted by Gasteiger charge is 2.41. The zero-order chi connectivity index (χ0) is 84.9. The van der Waals surface area contributed by atoms with Gasteiger partial charge in [-0.2, -0.15) is 0 Å². The topological polar surface area (TPSA) is 192 Å². The van der Waals surface area contributed by atoms with Crippen molar-refractivity contribution in [3.8, 4) is 11.3 Å². The van der Waals surface area contributed by atoms with Crippen LogP contribution in [0, 0.1) is 43.1 Å². The summed E-state index contributed by atoms with van der Waals surface area (Å²) in [5, 5.41) is 15.1. The van der Waals surface area contributed by atoms with E-state index < -0.39 is 17.2 Å². The van der Waals surface area contributed by atoms with Crippen molar-refractivity contribution >= 4 is 80.7 Å². The first-order chi connectivity index (χ1) is 55.4. The normalized spacial score (nSPS) is 15.3. The molecule has 2 saturated heterocycles. The fourth-order valence-corrected chi connectivity index (χ4v) is 14.1. The number of carbonyl (C=O) groups excluding carboxylic acids is 6. The molecule has 2 aromatic heterocycles. The minimum Gasteiger partial charge on any atom is -0.331 e. The van der Waals surface area contributed by atoms with Gasteiger partial charge in [-0.3, -0.25) is 33.8 Å². The number of anilines is 4. The molecule has 0 bridgehead atoms. The number of carbonyl (C=O) groups is 6. The van der Waals surface area contributed by atoms with Gasteiger partial charge in [0.25, 0.3) is 23.0 Å². The van der Waals surface area contributed by atoms with Gasteiger partial charge >= 0.3 is 0 Å². The molecular weight excluding hydrogens is 1510 g/mol. The predicted octanol–water partition coefficient (Wildman–Crippen LogP) is 23.6. The van der Waals surface area contributed by atoms with Gasteiger partial charge in [-0.05, 0) is 245 Å². The number of benzene rings is 9. The van der Waals surface area contributed by atoms with E-state index in [2.05, 4.69) is 132 Å². The lowest BCUT2D eigenvalue weighted by molar-refractivity contribution is -0.123. The summed E-state index contributed by atoms with van der Waals surface area (Å²) >= 11 is 11.2. The number of pyridine rings is 2. The molecule has 4 heterocycles. The van der Waals surface area contributed by atoms with Crippen LogP contribution in [0.3, 0.4) is 0 Å². The van der Waals surface area contributed by atoms with Gasteiger partial charge in [-0.15, -0.1) is 0 Å². The van der Waals surface area contributed by atoms with E-state index in [0.29, 0.717) is 58.5 Å². The molecule has 9 aromatic carbocycles. The van der Waals surface area contributed by atoms with Crippen LogP contribution in [0.5, 0.6) is 0 Å². The van der Waals surface area contributed by atoms with Gasteiger partial charge < -0.3 is 31.5 Å². The molecule has 0 saturated carbocycles. The maximum absolute atomic E-state index is 14.3. The number of aryl methyl sites for hydroxylation is 2. The van der Waals surface area contributed by atoms with Gasteiger partial charge in [0.2, 0.25) is 11.8 Å². The van der Waals surface area contributed by atoms with E-state index in [1.54, 1.807) is 84.0 Å². The molecule has 608 valence electrons. The van der Waals surface area contributed by atoms with Crippen LogP contribution < -0.4 is 26.6 Å². The van der Waals surface area contributed by atoms with Crippen LogP contribution in [0.4, 0.5) is 35.9 Å². The fourth-order valence-electron chi connectivity index (χ4n) is 13.7. The first-order valence-corrected chi connectivity index (χ1v) is 40.0. The van der Waals surface area contributed by atoms with Crippen LogP contribution in [0.25, 0.3) is 11.3 Å². The Morgan fingerprint density at radius 1 is 0.419 bits per heavy atom. The van der Waals surface area contributed by atoms with Gasteiger partial charge in [-0.25, -0.2) is 18.2 Å². The monoisotopic (exact) mass is 1620 g/mol. The van der Waals surface area contributed by atoms with Crippen LogP contribution in [-0.2, 0) is 31.2 Å². The summed E-state index contributed by atoms with van der Waals surface area (Å²) in [4.78, 5) is 85.8. The third kappa shape index (κ3) is 25.6. The maximum atomic E-state index is 14.3. The number of halogens is 5. The quantitative estimate of drug-likeness (QED) is 0.0552. The largest absolute Gasteiger partial charge is 0.331 e. The molecule has 0 spiro atoms. The van der Waals surface area contributed by atoms with Gasteiger partial charge in [-0.1, -0.05) is 216 Å². The molecular formula is C98H105Cl2F3N8O6. The first-order valence-electron chi connectivity index (χ1n) is 39.3. The minimum atomic E-state index is -0.558. The Kier molecular flexibility index (Phi) is 31.0. The summed E-state index contributed by atoms with van der Waals surface area (Å²) in [5.74, 6) is -2.58. The van der Waals surface area contributed by atoms with Crippen LogP contribution in [0.1, 0.15) is 207 Å². The lowest BCUT2D eigenvalue weighted by Crippen LogP contribution is -2.46. The molecule has 11 aromatic rings. The van der Waals surface area contributed by atoms with Crippen molar-refractivity contribution in [1.29, 1.82) is 0 Å². The Morgan fingerprint density at radius 2 is 0.821 bits per heavy atom. The molecule has 2 aliphatic heterocycles. The zero-order valence-corrected chi connectivity index (χ0v) is 70.5. The Morgan fingerprint density at radius 3 is 1.28 bits per heavy atom. The lowest BCUT2D eigenvalue weighted by atomic mass is 9.83. The van der Waals surface area contributed by atoms with Gasteiger partial charge in [0.05, 0.1) is 34.7 Å². The van der Waals surface area contributed by atoms with Gasteiger partial charge in [0, 0.05) is 64.4 Å². The molecule has 5 amide bonds. The van der Waals surface area contributed by atoms with E-state index in [4.69, 9.17) is 23.2 Å². The summed E-state index contributed by atoms with van der Waals surface area (Å²) in [5.41, 5.74) is 13.8. The number of nitrogens with one attached hydrogen (secondary N) is 5. The number of amides is 5. The fraction of sp³-hybridized carbons (Fsp3) is 0.286. The van der Waals surface area contributed by atoms with E-state index in [9.17, 15) is 41.9 Å². The Labute approximate surface area is 696 Å². The van der Waals surface area contributed by atoms with Crippen LogP contribution >= 0.6 is 23.2 Å². The minimum absolute atomic E-state index is 0.0121. The Balaban J connectivity index is 0.000000174. The summed E-state index contributed by atoms with van der Waals surface area (Å²) < 4.78 is 41.4. The first kappa shape index (κ1) is 89.6. The average molecular weight is 1620 g/mol. The summed E-state index contributed by atoms with van der Waals surface area (Å²) in [6.45, 7) is 30.7. The summed E-state index contributed by atoms with van der Waals surface area (Å²) in [7, 11) is 0. The molecule has 2 aliphatic rings. The van der Waals surface area contributed by atoms with Gasteiger partial charge in [0.15, 0.2) is 0 Å². The van der Waals surface area contributed by atoms with E-state index >= 15 is 0 Å². The second kappa shape index (κ2) is 40.5. The molecule has 117 heavy (non-hydrogen) atoms. The number of nitrogens with zero attached hydrogens (tertiary/aromatic N) is 3. The number of rotatable bonds is 13. The van der Waals surface area contributed by atoms with E-state index in [1.807, 2.05) is 141 Å². The van der Waals surface area contributed by atoms with E-state index in [1.165, 1.54) is 42.0 Å². The summed E-state index contributed by atoms with van der Waals surface area (Å²) in [6.07, 6.45) is 6.19. The molecule has 0 radical (unpaired) electrons. The number of hydrogen-bond donors (Lipinski definition) is 5.